The number of carbonyl (C=O) groups excluding carboxylic acids is 1. The molecule has 0 bridgehead atoms. The Hall–Kier alpha value is -2.09. The Bertz CT molecular complexity index is 409. The van der Waals surface area contributed by atoms with Gasteiger partial charge in [-0.1, -0.05) is 61.8 Å². The van der Waals surface area contributed by atoms with Gasteiger partial charge in [-0.05, 0) is 19.4 Å². The molecule has 0 saturated carbocycles. The Morgan fingerprint density at radius 1 is 1.17 bits per heavy atom. The molecular weight excluding hydrogens is 222 g/mol. The molecule has 0 aliphatic carbocycles. The zero-order chi connectivity index (χ0) is 13.8. The largest absolute Gasteiger partial charge is 0.348 e. The van der Waals surface area contributed by atoms with E-state index in [0.717, 1.165) is 5.57 Å². The van der Waals surface area contributed by atoms with Gasteiger partial charge < -0.3 is 5.32 Å². The minimum absolute atomic E-state index is 0.112. The second kappa shape index (κ2) is 10.1. The highest BCUT2D eigenvalue weighted by atomic mass is 16.1. The van der Waals surface area contributed by atoms with E-state index in [9.17, 15) is 4.79 Å². The Kier molecular flexibility index (Phi) is 8.92. The minimum atomic E-state index is -0.112. The van der Waals surface area contributed by atoms with E-state index in [-0.39, 0.29) is 5.91 Å². The van der Waals surface area contributed by atoms with E-state index in [4.69, 9.17) is 0 Å². The van der Waals surface area contributed by atoms with Crippen molar-refractivity contribution in [3.63, 3.8) is 0 Å². The second-order valence-corrected chi connectivity index (χ2v) is 3.50. The highest BCUT2D eigenvalue weighted by molar-refractivity contribution is 5.96. The number of nitrogens with one attached hydrogen (secondary N) is 1. The smallest absolute Gasteiger partial charge is 0.251 e. The second-order valence-electron chi connectivity index (χ2n) is 3.50. The molecule has 0 unspecified atom stereocenters. The van der Waals surface area contributed by atoms with Crippen LogP contribution in [0.5, 0.6) is 0 Å². The van der Waals surface area contributed by atoms with E-state index in [0.29, 0.717) is 12.1 Å². The van der Waals surface area contributed by atoms with Crippen molar-refractivity contribution < 1.29 is 4.79 Å². The monoisotopic (exact) mass is 243 g/mol. The highest BCUT2D eigenvalue weighted by Crippen LogP contribution is 2.00. The van der Waals surface area contributed by atoms with Crippen LogP contribution in [0.3, 0.4) is 0 Å². The molecule has 0 aromatic carbocycles. The van der Waals surface area contributed by atoms with Crippen LogP contribution in [0, 0.1) is 0 Å². The molecular formula is C16H21NO. The van der Waals surface area contributed by atoms with Crippen molar-refractivity contribution in [2.75, 3.05) is 6.54 Å². The number of hydrogen-bond donors (Lipinski definition) is 1. The van der Waals surface area contributed by atoms with E-state index < -0.39 is 0 Å². The first-order valence-corrected chi connectivity index (χ1v) is 5.87. The summed E-state index contributed by atoms with van der Waals surface area (Å²) in [4.78, 5) is 11.9. The van der Waals surface area contributed by atoms with Crippen LogP contribution in [0.25, 0.3) is 0 Å². The maximum absolute atomic E-state index is 11.9. The summed E-state index contributed by atoms with van der Waals surface area (Å²) < 4.78 is 0. The summed E-state index contributed by atoms with van der Waals surface area (Å²) in [6, 6.07) is 0. The van der Waals surface area contributed by atoms with Crippen LogP contribution in [0.2, 0.25) is 0 Å². The van der Waals surface area contributed by atoms with Crippen molar-refractivity contribution in [3.05, 3.63) is 72.9 Å². The van der Waals surface area contributed by atoms with Gasteiger partial charge in [0.25, 0.3) is 5.91 Å². The van der Waals surface area contributed by atoms with Crippen LogP contribution in [0.1, 0.15) is 13.8 Å². The van der Waals surface area contributed by atoms with Crippen LogP contribution in [-0.4, -0.2) is 12.5 Å². The molecule has 2 nitrogen and oxygen atoms in total. The van der Waals surface area contributed by atoms with Gasteiger partial charge in [-0.15, -0.1) is 0 Å². The molecule has 18 heavy (non-hydrogen) atoms. The van der Waals surface area contributed by atoms with Crippen molar-refractivity contribution in [2.45, 2.75) is 13.8 Å². The van der Waals surface area contributed by atoms with E-state index >= 15 is 0 Å². The van der Waals surface area contributed by atoms with Crippen LogP contribution in [0.4, 0.5) is 0 Å². The summed E-state index contributed by atoms with van der Waals surface area (Å²) in [5.41, 5.74) is 1.62. The Balaban J connectivity index is 4.56. The molecule has 0 heterocycles. The predicted octanol–water partition coefficient (Wildman–Crippen LogP) is 3.48. The lowest BCUT2D eigenvalue weighted by molar-refractivity contribution is -0.117. The molecule has 1 N–H and O–H groups in total. The first kappa shape index (κ1) is 15.9. The van der Waals surface area contributed by atoms with E-state index in [1.54, 1.807) is 24.3 Å². The van der Waals surface area contributed by atoms with Gasteiger partial charge in [0.15, 0.2) is 0 Å². The summed E-state index contributed by atoms with van der Waals surface area (Å²) >= 11 is 0. The molecule has 0 atom stereocenters. The van der Waals surface area contributed by atoms with Crippen LogP contribution in [-0.2, 0) is 4.79 Å². The number of hydrogen-bond acceptors (Lipinski definition) is 1. The summed E-state index contributed by atoms with van der Waals surface area (Å²) in [6.45, 7) is 11.5. The number of carbonyl (C=O) groups is 1. The molecule has 1 amide bonds. The first-order chi connectivity index (χ1) is 8.69. The fraction of sp³-hybridized carbons (Fsp3) is 0.188. The quantitative estimate of drug-likeness (QED) is 0.538. The van der Waals surface area contributed by atoms with Gasteiger partial charge in [-0.2, -0.15) is 0 Å². The van der Waals surface area contributed by atoms with E-state index in [1.165, 1.54) is 0 Å². The molecule has 0 rings (SSSR count). The lowest BCUT2D eigenvalue weighted by Gasteiger charge is -2.06. The summed E-state index contributed by atoms with van der Waals surface area (Å²) in [7, 11) is 0. The number of rotatable bonds is 7. The molecule has 0 fully saturated rings. The minimum Gasteiger partial charge on any atom is -0.348 e. The van der Waals surface area contributed by atoms with Gasteiger partial charge in [0, 0.05) is 12.1 Å². The molecule has 0 aromatic heterocycles. The van der Waals surface area contributed by atoms with Crippen molar-refractivity contribution in [2.24, 2.45) is 0 Å². The normalized spacial score (nSPS) is 13.0. The van der Waals surface area contributed by atoms with Gasteiger partial charge in [0.2, 0.25) is 0 Å². The standard InChI is InChI=1S/C16H21NO/c1-5-9-12-14(8-4)13-17-16(18)15(10-6-2)11-7-3/h5-12H,1-2,13H2,3-4H3,(H,17,18)/b11-7-,12-9-,14-8+,15-10+. The zero-order valence-electron chi connectivity index (χ0n) is 11.1. The summed E-state index contributed by atoms with van der Waals surface area (Å²) in [5.74, 6) is -0.112. The van der Waals surface area contributed by atoms with Gasteiger partial charge in [-0.3, -0.25) is 4.79 Å². The first-order valence-electron chi connectivity index (χ1n) is 5.87. The van der Waals surface area contributed by atoms with Crippen molar-refractivity contribution in [1.82, 2.24) is 5.32 Å². The van der Waals surface area contributed by atoms with Gasteiger partial charge in [0.05, 0.1) is 0 Å². The molecule has 96 valence electrons. The molecule has 0 aromatic rings. The fourth-order valence-electron chi connectivity index (χ4n) is 1.25. The molecule has 0 saturated heterocycles. The van der Waals surface area contributed by atoms with Crippen molar-refractivity contribution in [1.29, 1.82) is 0 Å². The Morgan fingerprint density at radius 2 is 1.89 bits per heavy atom. The van der Waals surface area contributed by atoms with E-state index in [2.05, 4.69) is 18.5 Å². The Labute approximate surface area is 110 Å². The molecule has 0 spiro atoms. The topological polar surface area (TPSA) is 29.1 Å². The van der Waals surface area contributed by atoms with Crippen LogP contribution >= 0.6 is 0 Å². The lowest BCUT2D eigenvalue weighted by Crippen LogP contribution is -2.26. The number of amides is 1. The maximum Gasteiger partial charge on any atom is 0.251 e. The SMILES string of the molecule is C=C/C=C\C(=C/C)CNC(=O)C(/C=C\C)=C/C=C. The average molecular weight is 243 g/mol. The number of allylic oxidation sites excluding steroid dienone is 6. The van der Waals surface area contributed by atoms with E-state index in [1.807, 2.05) is 38.2 Å². The molecule has 0 radical (unpaired) electrons. The maximum atomic E-state index is 11.9. The average Bonchev–Trinajstić information content (AvgIpc) is 2.38. The third kappa shape index (κ3) is 6.48. The summed E-state index contributed by atoms with van der Waals surface area (Å²) in [6.07, 6.45) is 14.3. The molecule has 0 aliphatic heterocycles. The van der Waals surface area contributed by atoms with Crippen LogP contribution < -0.4 is 5.32 Å². The van der Waals surface area contributed by atoms with Crippen molar-refractivity contribution >= 4 is 5.91 Å². The van der Waals surface area contributed by atoms with Gasteiger partial charge in [-0.25, -0.2) is 0 Å². The van der Waals surface area contributed by atoms with Crippen molar-refractivity contribution in [3.8, 4) is 0 Å². The zero-order valence-corrected chi connectivity index (χ0v) is 11.1. The fourth-order valence-corrected chi connectivity index (χ4v) is 1.25. The van der Waals surface area contributed by atoms with Gasteiger partial charge >= 0.3 is 0 Å². The molecule has 2 heteroatoms. The third-order valence-corrected chi connectivity index (χ3v) is 2.18. The predicted molar refractivity (Wildman–Crippen MR) is 79.2 cm³/mol. The molecule has 0 aliphatic rings. The van der Waals surface area contributed by atoms with Gasteiger partial charge in [0.1, 0.15) is 0 Å². The lowest BCUT2D eigenvalue weighted by atomic mass is 10.2. The third-order valence-electron chi connectivity index (χ3n) is 2.18. The van der Waals surface area contributed by atoms with Crippen LogP contribution in [0.15, 0.2) is 72.9 Å². The Morgan fingerprint density at radius 3 is 2.39 bits per heavy atom. The highest BCUT2D eigenvalue weighted by Gasteiger charge is 2.04. The summed E-state index contributed by atoms with van der Waals surface area (Å²) in [5, 5.41) is 2.85.